The summed E-state index contributed by atoms with van der Waals surface area (Å²) in [5, 5.41) is 8.60. The molecule has 0 fully saturated rings. The summed E-state index contributed by atoms with van der Waals surface area (Å²) < 4.78 is 3.03. The molecule has 3 aromatic heterocycles. The minimum atomic E-state index is -0.226. The Bertz CT molecular complexity index is 1050. The molecule has 0 spiro atoms. The van der Waals surface area contributed by atoms with Crippen LogP contribution in [-0.2, 0) is 6.54 Å². The summed E-state index contributed by atoms with van der Waals surface area (Å²) in [5.41, 5.74) is 6.85. The zero-order valence-electron chi connectivity index (χ0n) is 11.6. The van der Waals surface area contributed by atoms with E-state index < -0.39 is 0 Å². The smallest absolute Gasteiger partial charge is 0.267 e. The molecule has 110 valence electrons. The van der Waals surface area contributed by atoms with E-state index in [1.165, 1.54) is 10.5 Å². The first-order valence-electron chi connectivity index (χ1n) is 6.55. The molecule has 3 heterocycles. The standard InChI is InChI=1S/C15H13N5OS/c1-2-6-20-12(16)9(13(17)22)8-10-14(20)18-11-5-3-4-7-19(11)15(10)21/h2-5,7-8,16H,1,6H2,(H2,17,22). The fraction of sp³-hybridized carbons (Fsp3) is 0.0667. The second kappa shape index (κ2) is 5.19. The fourth-order valence-corrected chi connectivity index (χ4v) is 2.54. The first-order chi connectivity index (χ1) is 10.5. The summed E-state index contributed by atoms with van der Waals surface area (Å²) in [6.07, 6.45) is 3.28. The summed E-state index contributed by atoms with van der Waals surface area (Å²) in [5.74, 6) is 0. The van der Waals surface area contributed by atoms with E-state index >= 15 is 0 Å². The van der Waals surface area contributed by atoms with E-state index in [9.17, 15) is 4.79 Å². The second-order valence-corrected chi connectivity index (χ2v) is 5.19. The van der Waals surface area contributed by atoms with Crippen LogP contribution in [0.25, 0.3) is 16.7 Å². The molecule has 3 rings (SSSR count). The Morgan fingerprint density at radius 1 is 1.50 bits per heavy atom. The van der Waals surface area contributed by atoms with Crippen molar-refractivity contribution >= 4 is 33.9 Å². The van der Waals surface area contributed by atoms with Crippen LogP contribution in [-0.4, -0.2) is 18.9 Å². The van der Waals surface area contributed by atoms with Gasteiger partial charge in [0.1, 0.15) is 21.8 Å². The molecule has 0 aliphatic carbocycles. The van der Waals surface area contributed by atoms with E-state index in [4.69, 9.17) is 23.4 Å². The minimum Gasteiger partial charge on any atom is -0.389 e. The first-order valence-corrected chi connectivity index (χ1v) is 6.95. The number of nitrogens with one attached hydrogen (secondary N) is 1. The summed E-state index contributed by atoms with van der Waals surface area (Å²) in [6.45, 7) is 4.02. The Morgan fingerprint density at radius 3 is 2.95 bits per heavy atom. The molecule has 3 N–H and O–H groups in total. The summed E-state index contributed by atoms with van der Waals surface area (Å²) in [4.78, 5) is 17.2. The van der Waals surface area contributed by atoms with Gasteiger partial charge in [0, 0.05) is 12.7 Å². The van der Waals surface area contributed by atoms with Crippen LogP contribution in [0.1, 0.15) is 5.56 Å². The molecule has 0 atom stereocenters. The maximum atomic E-state index is 12.7. The maximum absolute atomic E-state index is 12.7. The van der Waals surface area contributed by atoms with Crippen LogP contribution in [0.15, 0.2) is 47.9 Å². The number of fused-ring (bicyclic) bond motifs is 2. The van der Waals surface area contributed by atoms with Gasteiger partial charge in [0.2, 0.25) is 0 Å². The molecule has 0 bridgehead atoms. The lowest BCUT2D eigenvalue weighted by atomic mass is 10.2. The van der Waals surface area contributed by atoms with Crippen LogP contribution in [0.4, 0.5) is 0 Å². The van der Waals surface area contributed by atoms with E-state index in [1.807, 2.05) is 0 Å². The maximum Gasteiger partial charge on any atom is 0.267 e. The Morgan fingerprint density at radius 2 is 2.27 bits per heavy atom. The third-order valence-corrected chi connectivity index (χ3v) is 3.62. The molecule has 6 nitrogen and oxygen atoms in total. The van der Waals surface area contributed by atoms with Gasteiger partial charge < -0.3 is 10.3 Å². The molecule has 22 heavy (non-hydrogen) atoms. The molecule has 0 amide bonds. The lowest BCUT2D eigenvalue weighted by Crippen LogP contribution is -2.31. The monoisotopic (exact) mass is 311 g/mol. The topological polar surface area (TPSA) is 89.2 Å². The van der Waals surface area contributed by atoms with E-state index in [1.54, 1.807) is 35.0 Å². The molecule has 0 aliphatic heterocycles. The molecule has 3 aromatic rings. The normalized spacial score (nSPS) is 10.9. The van der Waals surface area contributed by atoms with Gasteiger partial charge in [0.15, 0.2) is 0 Å². The van der Waals surface area contributed by atoms with Crippen molar-refractivity contribution in [1.82, 2.24) is 14.0 Å². The molecule has 0 aromatic carbocycles. The molecular formula is C15H13N5OS. The number of rotatable bonds is 3. The molecule has 0 unspecified atom stereocenters. The quantitative estimate of drug-likeness (QED) is 0.428. The van der Waals surface area contributed by atoms with E-state index in [0.29, 0.717) is 28.8 Å². The fourth-order valence-electron chi connectivity index (χ4n) is 2.38. The van der Waals surface area contributed by atoms with Gasteiger partial charge in [0.25, 0.3) is 5.56 Å². The number of nitrogens with zero attached hydrogens (tertiary/aromatic N) is 3. The third kappa shape index (κ3) is 2.03. The van der Waals surface area contributed by atoms with Gasteiger partial charge in [-0.1, -0.05) is 24.4 Å². The Labute approximate surface area is 130 Å². The summed E-state index contributed by atoms with van der Waals surface area (Å²) in [6, 6.07) is 6.84. The van der Waals surface area contributed by atoms with Crippen LogP contribution in [0, 0.1) is 5.41 Å². The van der Waals surface area contributed by atoms with E-state index in [0.717, 1.165) is 0 Å². The van der Waals surface area contributed by atoms with Crippen molar-refractivity contribution in [2.24, 2.45) is 5.73 Å². The van der Waals surface area contributed by atoms with Gasteiger partial charge in [-0.2, -0.15) is 0 Å². The number of hydrogen-bond donors (Lipinski definition) is 2. The predicted molar refractivity (Wildman–Crippen MR) is 88.9 cm³/mol. The van der Waals surface area contributed by atoms with E-state index in [-0.39, 0.29) is 16.0 Å². The summed E-state index contributed by atoms with van der Waals surface area (Å²) in [7, 11) is 0. The molecule has 0 aliphatic rings. The largest absolute Gasteiger partial charge is 0.389 e. The Hall–Kier alpha value is -2.80. The van der Waals surface area contributed by atoms with Gasteiger partial charge in [-0.25, -0.2) is 4.98 Å². The van der Waals surface area contributed by atoms with Gasteiger partial charge >= 0.3 is 0 Å². The van der Waals surface area contributed by atoms with E-state index in [2.05, 4.69) is 11.6 Å². The number of nitrogens with two attached hydrogens (primary N) is 1. The minimum absolute atomic E-state index is 0.0715. The van der Waals surface area contributed by atoms with Gasteiger partial charge in [-0.3, -0.25) is 14.6 Å². The van der Waals surface area contributed by atoms with Gasteiger partial charge in [-0.15, -0.1) is 6.58 Å². The van der Waals surface area contributed by atoms with Crippen molar-refractivity contribution in [3.63, 3.8) is 0 Å². The average molecular weight is 311 g/mol. The highest BCUT2D eigenvalue weighted by Gasteiger charge is 2.13. The highest BCUT2D eigenvalue weighted by molar-refractivity contribution is 7.80. The number of thiocarbonyl (C=S) groups is 1. The molecule has 0 saturated heterocycles. The van der Waals surface area contributed by atoms with Crippen molar-refractivity contribution in [2.75, 3.05) is 0 Å². The lowest BCUT2D eigenvalue weighted by Gasteiger charge is -2.12. The average Bonchev–Trinajstić information content (AvgIpc) is 2.50. The van der Waals surface area contributed by atoms with Crippen LogP contribution in [0.5, 0.6) is 0 Å². The third-order valence-electron chi connectivity index (χ3n) is 3.40. The lowest BCUT2D eigenvalue weighted by molar-refractivity contribution is 0.769. The van der Waals surface area contributed by atoms with Crippen molar-refractivity contribution in [1.29, 1.82) is 5.41 Å². The first kappa shape index (κ1) is 14.2. The van der Waals surface area contributed by atoms with Crippen LogP contribution < -0.4 is 16.8 Å². The predicted octanol–water partition coefficient (Wildman–Crippen LogP) is 0.949. The Kier molecular flexibility index (Phi) is 3.34. The van der Waals surface area contributed by atoms with Gasteiger partial charge in [0.05, 0.1) is 10.9 Å². The van der Waals surface area contributed by atoms with Crippen LogP contribution in [0.2, 0.25) is 0 Å². The number of hydrogen-bond acceptors (Lipinski definition) is 4. The second-order valence-electron chi connectivity index (χ2n) is 4.75. The van der Waals surface area contributed by atoms with Crippen molar-refractivity contribution in [3.8, 4) is 0 Å². The van der Waals surface area contributed by atoms with Crippen molar-refractivity contribution in [2.45, 2.75) is 6.54 Å². The van der Waals surface area contributed by atoms with Crippen LogP contribution in [0.3, 0.4) is 0 Å². The zero-order chi connectivity index (χ0) is 15.9. The zero-order valence-corrected chi connectivity index (χ0v) is 12.4. The number of pyridine rings is 2. The SMILES string of the molecule is C=CCn1c(=N)c(C(N)=S)cc2c(=O)n3ccccc3nc21. The molecule has 7 heteroatoms. The molecular weight excluding hydrogens is 298 g/mol. The van der Waals surface area contributed by atoms with Gasteiger partial charge in [-0.05, 0) is 18.2 Å². The number of allylic oxidation sites excluding steroid dienone is 1. The van der Waals surface area contributed by atoms with Crippen LogP contribution >= 0.6 is 12.2 Å². The highest BCUT2D eigenvalue weighted by atomic mass is 32.1. The number of aromatic nitrogens is 3. The van der Waals surface area contributed by atoms with Crippen molar-refractivity contribution in [3.05, 3.63) is 64.5 Å². The summed E-state index contributed by atoms with van der Waals surface area (Å²) >= 11 is 4.98. The Balaban J connectivity index is 2.61. The highest BCUT2D eigenvalue weighted by Crippen LogP contribution is 2.10. The molecule has 0 radical (unpaired) electrons. The molecule has 0 saturated carbocycles. The van der Waals surface area contributed by atoms with Crippen molar-refractivity contribution < 1.29 is 0 Å².